The van der Waals surface area contributed by atoms with Crippen molar-refractivity contribution in [2.45, 2.75) is 51.0 Å². The predicted octanol–water partition coefficient (Wildman–Crippen LogP) is 3.46. The number of benzene rings is 1. The van der Waals surface area contributed by atoms with Crippen LogP contribution in [0.3, 0.4) is 0 Å². The lowest BCUT2D eigenvalue weighted by molar-refractivity contribution is 0.0877. The van der Waals surface area contributed by atoms with Crippen molar-refractivity contribution < 1.29 is 4.79 Å². The molecule has 1 saturated carbocycles. The van der Waals surface area contributed by atoms with E-state index in [1.165, 1.54) is 58.2 Å². The van der Waals surface area contributed by atoms with Crippen LogP contribution in [0.4, 0.5) is 0 Å². The van der Waals surface area contributed by atoms with Gasteiger partial charge in [0.2, 0.25) is 0 Å². The molecule has 1 heterocycles. The van der Waals surface area contributed by atoms with Gasteiger partial charge in [0.05, 0.1) is 0 Å². The average molecular weight is 300 g/mol. The Morgan fingerprint density at radius 1 is 1.00 bits per heavy atom. The molecule has 2 fully saturated rings. The van der Waals surface area contributed by atoms with Crippen molar-refractivity contribution >= 4 is 5.91 Å². The van der Waals surface area contributed by atoms with E-state index in [-0.39, 0.29) is 5.91 Å². The number of hydrogen-bond donors (Lipinski definition) is 1. The van der Waals surface area contributed by atoms with Crippen molar-refractivity contribution in [2.75, 3.05) is 19.6 Å². The van der Waals surface area contributed by atoms with Crippen LogP contribution in [0.25, 0.3) is 0 Å². The quantitative estimate of drug-likeness (QED) is 0.923. The minimum atomic E-state index is 0.0937. The average Bonchev–Trinajstić information content (AvgIpc) is 2.58. The summed E-state index contributed by atoms with van der Waals surface area (Å²) in [5.41, 5.74) is 0.782. The molecule has 1 amide bonds. The number of nitrogens with zero attached hydrogens (tertiary/aromatic N) is 1. The van der Waals surface area contributed by atoms with Crippen molar-refractivity contribution in [3.63, 3.8) is 0 Å². The zero-order chi connectivity index (χ0) is 15.2. The molecule has 1 N–H and O–H groups in total. The second-order valence-electron chi connectivity index (χ2n) is 6.85. The number of likely N-dealkylation sites (tertiary alicyclic amines) is 1. The maximum atomic E-state index is 12.4. The minimum absolute atomic E-state index is 0.0937. The van der Waals surface area contributed by atoms with Crippen LogP contribution >= 0.6 is 0 Å². The zero-order valence-electron chi connectivity index (χ0n) is 13.5. The lowest BCUT2D eigenvalue weighted by Crippen LogP contribution is -2.47. The second kappa shape index (κ2) is 7.77. The van der Waals surface area contributed by atoms with E-state index in [1.54, 1.807) is 0 Å². The fourth-order valence-corrected chi connectivity index (χ4v) is 3.93. The van der Waals surface area contributed by atoms with Gasteiger partial charge in [-0.25, -0.2) is 0 Å². The topological polar surface area (TPSA) is 32.3 Å². The number of nitrogens with one attached hydrogen (secondary N) is 1. The summed E-state index contributed by atoms with van der Waals surface area (Å²) in [6.07, 6.45) is 9.02. The Morgan fingerprint density at radius 3 is 2.50 bits per heavy atom. The Hall–Kier alpha value is -1.35. The monoisotopic (exact) mass is 300 g/mol. The molecule has 2 atom stereocenters. The molecule has 1 aromatic rings. The normalized spacial score (nSPS) is 26.5. The molecule has 1 saturated heterocycles. The van der Waals surface area contributed by atoms with Crippen molar-refractivity contribution in [1.82, 2.24) is 10.2 Å². The highest BCUT2D eigenvalue weighted by Gasteiger charge is 2.28. The van der Waals surface area contributed by atoms with E-state index >= 15 is 0 Å². The number of amides is 1. The third-order valence-corrected chi connectivity index (χ3v) is 5.20. The number of carbonyl (C=O) groups is 1. The number of piperidine rings is 1. The Balaban J connectivity index is 1.58. The van der Waals surface area contributed by atoms with Crippen LogP contribution in [0, 0.1) is 5.92 Å². The Kier molecular flexibility index (Phi) is 5.49. The van der Waals surface area contributed by atoms with Gasteiger partial charge in [-0.15, -0.1) is 0 Å². The summed E-state index contributed by atoms with van der Waals surface area (Å²) in [6, 6.07) is 9.97. The first kappa shape index (κ1) is 15.5. The van der Waals surface area contributed by atoms with E-state index in [9.17, 15) is 4.79 Å². The Morgan fingerprint density at radius 2 is 1.73 bits per heavy atom. The molecular weight excluding hydrogens is 272 g/mol. The zero-order valence-corrected chi connectivity index (χ0v) is 13.5. The van der Waals surface area contributed by atoms with E-state index in [0.717, 1.165) is 12.0 Å². The summed E-state index contributed by atoms with van der Waals surface area (Å²) in [4.78, 5) is 15.0. The van der Waals surface area contributed by atoms with Crippen molar-refractivity contribution in [3.05, 3.63) is 35.9 Å². The van der Waals surface area contributed by atoms with Crippen LogP contribution in [0.15, 0.2) is 30.3 Å². The maximum Gasteiger partial charge on any atom is 0.251 e. The van der Waals surface area contributed by atoms with Gasteiger partial charge in [0.15, 0.2) is 0 Å². The summed E-state index contributed by atoms with van der Waals surface area (Å²) in [5, 5.41) is 3.31. The second-order valence-corrected chi connectivity index (χ2v) is 6.85. The largest absolute Gasteiger partial charge is 0.349 e. The van der Waals surface area contributed by atoms with E-state index in [2.05, 4.69) is 10.2 Å². The van der Waals surface area contributed by atoms with E-state index in [4.69, 9.17) is 0 Å². The fourth-order valence-electron chi connectivity index (χ4n) is 3.93. The highest BCUT2D eigenvalue weighted by molar-refractivity contribution is 5.94. The molecule has 0 bridgehead atoms. The van der Waals surface area contributed by atoms with Gasteiger partial charge < -0.3 is 10.2 Å². The molecule has 120 valence electrons. The SMILES string of the molecule is O=C(NC1CCCCC1CN1CCCCC1)c1ccccc1. The fraction of sp³-hybridized carbons (Fsp3) is 0.632. The van der Waals surface area contributed by atoms with Crippen LogP contribution < -0.4 is 5.32 Å². The van der Waals surface area contributed by atoms with Gasteiger partial charge in [0.25, 0.3) is 5.91 Å². The first-order valence-electron chi connectivity index (χ1n) is 8.91. The van der Waals surface area contributed by atoms with E-state index in [0.29, 0.717) is 12.0 Å². The first-order valence-corrected chi connectivity index (χ1v) is 8.91. The molecule has 2 unspecified atom stereocenters. The number of rotatable bonds is 4. The predicted molar refractivity (Wildman–Crippen MR) is 89.9 cm³/mol. The highest BCUT2D eigenvalue weighted by Crippen LogP contribution is 2.26. The van der Waals surface area contributed by atoms with Gasteiger partial charge in [-0.2, -0.15) is 0 Å². The van der Waals surface area contributed by atoms with Crippen molar-refractivity contribution in [1.29, 1.82) is 0 Å². The molecule has 2 aliphatic rings. The Bertz CT molecular complexity index is 468. The van der Waals surface area contributed by atoms with Gasteiger partial charge in [-0.05, 0) is 56.8 Å². The molecule has 0 radical (unpaired) electrons. The Labute approximate surface area is 134 Å². The number of carbonyl (C=O) groups excluding carboxylic acids is 1. The van der Waals surface area contributed by atoms with Crippen molar-refractivity contribution in [3.8, 4) is 0 Å². The van der Waals surface area contributed by atoms with Crippen LogP contribution in [0.5, 0.6) is 0 Å². The minimum Gasteiger partial charge on any atom is -0.349 e. The number of hydrogen-bond acceptors (Lipinski definition) is 2. The summed E-state index contributed by atoms with van der Waals surface area (Å²) >= 11 is 0. The molecule has 3 rings (SSSR count). The molecule has 22 heavy (non-hydrogen) atoms. The van der Waals surface area contributed by atoms with E-state index < -0.39 is 0 Å². The summed E-state index contributed by atoms with van der Waals surface area (Å²) in [7, 11) is 0. The summed E-state index contributed by atoms with van der Waals surface area (Å²) in [6.45, 7) is 3.66. The molecule has 1 aromatic carbocycles. The molecule has 0 aromatic heterocycles. The molecule has 3 heteroatoms. The van der Waals surface area contributed by atoms with Gasteiger partial charge in [-0.3, -0.25) is 4.79 Å². The van der Waals surface area contributed by atoms with Gasteiger partial charge in [0, 0.05) is 18.2 Å². The maximum absolute atomic E-state index is 12.4. The standard InChI is InChI=1S/C19H28N2O/c22-19(16-9-3-1-4-10-16)20-18-12-6-5-11-17(18)15-21-13-7-2-8-14-21/h1,3-4,9-10,17-18H,2,5-8,11-15H2,(H,20,22). The highest BCUT2D eigenvalue weighted by atomic mass is 16.1. The lowest BCUT2D eigenvalue weighted by Gasteiger charge is -2.37. The van der Waals surface area contributed by atoms with Crippen LogP contribution in [-0.4, -0.2) is 36.5 Å². The molecular formula is C19H28N2O. The molecule has 0 spiro atoms. The van der Waals surface area contributed by atoms with Crippen LogP contribution in [0.1, 0.15) is 55.3 Å². The first-order chi connectivity index (χ1) is 10.8. The van der Waals surface area contributed by atoms with Crippen LogP contribution in [0.2, 0.25) is 0 Å². The van der Waals surface area contributed by atoms with Crippen LogP contribution in [-0.2, 0) is 0 Å². The van der Waals surface area contributed by atoms with Gasteiger partial charge >= 0.3 is 0 Å². The van der Waals surface area contributed by atoms with Gasteiger partial charge in [-0.1, -0.05) is 37.5 Å². The molecule has 1 aliphatic heterocycles. The third kappa shape index (κ3) is 4.10. The lowest BCUT2D eigenvalue weighted by atomic mass is 9.83. The van der Waals surface area contributed by atoms with E-state index in [1.807, 2.05) is 30.3 Å². The molecule has 1 aliphatic carbocycles. The third-order valence-electron chi connectivity index (χ3n) is 5.20. The summed E-state index contributed by atoms with van der Waals surface area (Å²) < 4.78 is 0. The van der Waals surface area contributed by atoms with Crippen molar-refractivity contribution in [2.24, 2.45) is 5.92 Å². The molecule has 3 nitrogen and oxygen atoms in total. The van der Waals surface area contributed by atoms with Gasteiger partial charge in [0.1, 0.15) is 0 Å². The smallest absolute Gasteiger partial charge is 0.251 e. The summed E-state index contributed by atoms with van der Waals surface area (Å²) in [5.74, 6) is 0.718.